The third kappa shape index (κ3) is 5.08. The number of amides is 2. The van der Waals surface area contributed by atoms with E-state index in [0.29, 0.717) is 47.7 Å². The van der Waals surface area contributed by atoms with Crippen molar-refractivity contribution in [2.45, 2.75) is 32.8 Å². The summed E-state index contributed by atoms with van der Waals surface area (Å²) in [6, 6.07) is 12.6. The van der Waals surface area contributed by atoms with Gasteiger partial charge in [-0.1, -0.05) is 55.2 Å². The van der Waals surface area contributed by atoms with E-state index in [0.717, 1.165) is 11.3 Å². The van der Waals surface area contributed by atoms with E-state index in [2.05, 4.69) is 13.8 Å². The molecule has 160 valence electrons. The molecule has 2 aromatic carbocycles. The van der Waals surface area contributed by atoms with Gasteiger partial charge in [-0.25, -0.2) is 0 Å². The molecule has 1 heterocycles. The quantitative estimate of drug-likeness (QED) is 0.655. The van der Waals surface area contributed by atoms with E-state index in [1.54, 1.807) is 34.9 Å². The zero-order valence-electron chi connectivity index (χ0n) is 17.4. The fraction of sp³-hybridized carbons (Fsp3) is 0.391. The maximum absolute atomic E-state index is 12.9. The summed E-state index contributed by atoms with van der Waals surface area (Å²) >= 11 is 12.2. The van der Waals surface area contributed by atoms with Crippen LogP contribution >= 0.6 is 23.2 Å². The minimum absolute atomic E-state index is 0.0820. The Labute approximate surface area is 187 Å². The van der Waals surface area contributed by atoms with E-state index in [1.165, 1.54) is 0 Å². The van der Waals surface area contributed by atoms with Gasteiger partial charge in [-0.3, -0.25) is 9.59 Å². The van der Waals surface area contributed by atoms with Crippen LogP contribution in [0.5, 0.6) is 5.75 Å². The number of rotatable bonds is 5. The van der Waals surface area contributed by atoms with Crippen LogP contribution < -0.4 is 4.74 Å². The van der Waals surface area contributed by atoms with Gasteiger partial charge in [0.15, 0.2) is 6.10 Å². The van der Waals surface area contributed by atoms with E-state index in [1.807, 2.05) is 24.3 Å². The maximum Gasteiger partial charge on any atom is 0.263 e. The van der Waals surface area contributed by atoms with Gasteiger partial charge < -0.3 is 14.5 Å². The SMILES string of the molecule is CC(Oc1ccccc1C(C)C)C(=O)N1CCN(C(=O)c2cc(Cl)ccc2Cl)CC1. The van der Waals surface area contributed by atoms with Crippen LogP contribution in [-0.2, 0) is 4.79 Å². The molecule has 5 nitrogen and oxygen atoms in total. The molecular formula is C23H26Cl2N2O3. The smallest absolute Gasteiger partial charge is 0.263 e. The van der Waals surface area contributed by atoms with Crippen molar-refractivity contribution < 1.29 is 14.3 Å². The summed E-state index contributed by atoms with van der Waals surface area (Å²) in [4.78, 5) is 29.1. The highest BCUT2D eigenvalue weighted by Crippen LogP contribution is 2.27. The molecule has 0 saturated carbocycles. The predicted molar refractivity (Wildman–Crippen MR) is 120 cm³/mol. The zero-order valence-corrected chi connectivity index (χ0v) is 18.9. The van der Waals surface area contributed by atoms with Gasteiger partial charge in [0.25, 0.3) is 11.8 Å². The molecule has 0 radical (unpaired) electrons. The lowest BCUT2D eigenvalue weighted by Gasteiger charge is -2.36. The molecule has 1 saturated heterocycles. The van der Waals surface area contributed by atoms with E-state index >= 15 is 0 Å². The van der Waals surface area contributed by atoms with Gasteiger partial charge in [-0.2, -0.15) is 0 Å². The number of carbonyl (C=O) groups excluding carboxylic acids is 2. The monoisotopic (exact) mass is 448 g/mol. The Morgan fingerprint density at radius 1 is 0.933 bits per heavy atom. The molecule has 0 bridgehead atoms. The van der Waals surface area contributed by atoms with Gasteiger partial charge in [0.05, 0.1) is 10.6 Å². The van der Waals surface area contributed by atoms with Crippen molar-refractivity contribution in [3.8, 4) is 5.75 Å². The highest BCUT2D eigenvalue weighted by Gasteiger charge is 2.29. The number of hydrogen-bond donors (Lipinski definition) is 0. The fourth-order valence-corrected chi connectivity index (χ4v) is 3.89. The molecule has 1 aliphatic heterocycles. The first kappa shape index (κ1) is 22.4. The lowest BCUT2D eigenvalue weighted by molar-refractivity contribution is -0.139. The summed E-state index contributed by atoms with van der Waals surface area (Å²) < 4.78 is 5.99. The highest BCUT2D eigenvalue weighted by molar-refractivity contribution is 6.35. The topological polar surface area (TPSA) is 49.9 Å². The highest BCUT2D eigenvalue weighted by atomic mass is 35.5. The average molecular weight is 449 g/mol. The fourth-order valence-electron chi connectivity index (χ4n) is 3.52. The second-order valence-electron chi connectivity index (χ2n) is 7.69. The van der Waals surface area contributed by atoms with Crippen molar-refractivity contribution >= 4 is 35.0 Å². The molecule has 2 amide bonds. The van der Waals surface area contributed by atoms with Crippen molar-refractivity contribution in [3.05, 3.63) is 63.6 Å². The Kier molecular flexibility index (Phi) is 7.27. The lowest BCUT2D eigenvalue weighted by Crippen LogP contribution is -2.53. The average Bonchev–Trinajstić information content (AvgIpc) is 2.74. The van der Waals surface area contributed by atoms with Crippen LogP contribution in [0.2, 0.25) is 10.0 Å². The summed E-state index contributed by atoms with van der Waals surface area (Å²) in [5.74, 6) is 0.778. The van der Waals surface area contributed by atoms with E-state index in [-0.39, 0.29) is 11.8 Å². The van der Waals surface area contributed by atoms with E-state index < -0.39 is 6.10 Å². The Morgan fingerprint density at radius 3 is 2.23 bits per heavy atom. The second-order valence-corrected chi connectivity index (χ2v) is 8.54. The van der Waals surface area contributed by atoms with Crippen LogP contribution in [0.3, 0.4) is 0 Å². The standard InChI is InChI=1S/C23H26Cl2N2O3/c1-15(2)18-6-4-5-7-21(18)30-16(3)22(28)26-10-12-27(13-11-26)23(29)19-14-17(24)8-9-20(19)25/h4-9,14-16H,10-13H2,1-3H3. The summed E-state index contributed by atoms with van der Waals surface area (Å²) in [6.07, 6.45) is -0.602. The zero-order chi connectivity index (χ0) is 21.8. The van der Waals surface area contributed by atoms with Crippen molar-refractivity contribution in [1.29, 1.82) is 0 Å². The first-order chi connectivity index (χ1) is 14.3. The largest absolute Gasteiger partial charge is 0.481 e. The number of ether oxygens (including phenoxy) is 1. The minimum atomic E-state index is -0.602. The summed E-state index contributed by atoms with van der Waals surface area (Å²) in [5.41, 5.74) is 1.46. The molecule has 30 heavy (non-hydrogen) atoms. The Balaban J connectivity index is 1.60. The number of hydrogen-bond acceptors (Lipinski definition) is 3. The molecule has 2 aromatic rings. The molecular weight excluding hydrogens is 423 g/mol. The van der Waals surface area contributed by atoms with Gasteiger partial charge in [0.2, 0.25) is 0 Å². The number of para-hydroxylation sites is 1. The van der Waals surface area contributed by atoms with Crippen LogP contribution in [0.4, 0.5) is 0 Å². The molecule has 1 unspecified atom stereocenters. The molecule has 0 aromatic heterocycles. The molecule has 7 heteroatoms. The van der Waals surface area contributed by atoms with Gasteiger partial charge in [0.1, 0.15) is 5.75 Å². The maximum atomic E-state index is 12.9. The molecule has 1 fully saturated rings. The molecule has 0 aliphatic carbocycles. The predicted octanol–water partition coefficient (Wildman–Crippen LogP) is 4.87. The van der Waals surface area contributed by atoms with Crippen LogP contribution in [0, 0.1) is 0 Å². The third-order valence-corrected chi connectivity index (χ3v) is 5.79. The van der Waals surface area contributed by atoms with Gasteiger partial charge in [-0.05, 0) is 42.7 Å². The summed E-state index contributed by atoms with van der Waals surface area (Å²) in [7, 11) is 0. The lowest BCUT2D eigenvalue weighted by atomic mass is 10.0. The summed E-state index contributed by atoms with van der Waals surface area (Å²) in [6.45, 7) is 7.72. The summed E-state index contributed by atoms with van der Waals surface area (Å²) in [5, 5.41) is 0.831. The van der Waals surface area contributed by atoms with Crippen molar-refractivity contribution in [1.82, 2.24) is 9.80 Å². The van der Waals surface area contributed by atoms with Crippen LogP contribution in [0.1, 0.15) is 42.6 Å². The van der Waals surface area contributed by atoms with Crippen LogP contribution in [0.15, 0.2) is 42.5 Å². The van der Waals surface area contributed by atoms with Crippen molar-refractivity contribution in [2.75, 3.05) is 26.2 Å². The number of benzene rings is 2. The van der Waals surface area contributed by atoms with Crippen LogP contribution in [-0.4, -0.2) is 53.9 Å². The number of piperazine rings is 1. The number of halogens is 2. The van der Waals surface area contributed by atoms with Gasteiger partial charge >= 0.3 is 0 Å². The van der Waals surface area contributed by atoms with Crippen molar-refractivity contribution in [3.63, 3.8) is 0 Å². The first-order valence-corrected chi connectivity index (χ1v) is 10.8. The van der Waals surface area contributed by atoms with Crippen LogP contribution in [0.25, 0.3) is 0 Å². The first-order valence-electron chi connectivity index (χ1n) is 10.1. The van der Waals surface area contributed by atoms with E-state index in [4.69, 9.17) is 27.9 Å². The third-order valence-electron chi connectivity index (χ3n) is 5.23. The van der Waals surface area contributed by atoms with Gasteiger partial charge in [0, 0.05) is 31.2 Å². The van der Waals surface area contributed by atoms with Gasteiger partial charge in [-0.15, -0.1) is 0 Å². The molecule has 0 N–H and O–H groups in total. The van der Waals surface area contributed by atoms with Crippen molar-refractivity contribution in [2.24, 2.45) is 0 Å². The molecule has 0 spiro atoms. The molecule has 3 rings (SSSR count). The Bertz CT molecular complexity index is 924. The number of carbonyl (C=O) groups is 2. The Morgan fingerprint density at radius 2 is 1.57 bits per heavy atom. The number of nitrogens with zero attached hydrogens (tertiary/aromatic N) is 2. The minimum Gasteiger partial charge on any atom is -0.481 e. The molecule has 1 atom stereocenters. The second kappa shape index (κ2) is 9.71. The van der Waals surface area contributed by atoms with E-state index in [9.17, 15) is 9.59 Å². The normalized spacial score (nSPS) is 15.3. The molecule has 1 aliphatic rings. The Hall–Kier alpha value is -2.24.